The predicted octanol–water partition coefficient (Wildman–Crippen LogP) is 10.9. The molecule has 0 amide bonds. The summed E-state index contributed by atoms with van der Waals surface area (Å²) in [6.07, 6.45) is 2.03. The minimum atomic E-state index is 0.909. The standard InChI is InChI=1S/C38H29BrN2/c1-24-20-25(2)37(28-14-8-5-9-15-28)38(36(24)27-12-6-4-7-13-27)32-22-35(40-23-26(32)3)41-33-17-11-10-16-30(33)31-19-18-29(39)21-34(31)41/h4-23H,1-3H3. The van der Waals surface area contributed by atoms with Gasteiger partial charge in [-0.25, -0.2) is 4.98 Å². The molecule has 0 atom stereocenters. The van der Waals surface area contributed by atoms with Crippen molar-refractivity contribution < 1.29 is 0 Å². The Labute approximate surface area is 249 Å². The summed E-state index contributed by atoms with van der Waals surface area (Å²) in [6.45, 7) is 6.64. The molecule has 0 aliphatic rings. The number of para-hydroxylation sites is 1. The average molecular weight is 594 g/mol. The fourth-order valence-corrected chi connectivity index (χ4v) is 6.66. The van der Waals surface area contributed by atoms with E-state index < -0.39 is 0 Å². The first kappa shape index (κ1) is 25.5. The Morgan fingerprint density at radius 1 is 0.537 bits per heavy atom. The van der Waals surface area contributed by atoms with Crippen LogP contribution in [0.15, 0.2) is 126 Å². The lowest BCUT2D eigenvalue weighted by molar-refractivity contribution is 1.07. The molecule has 0 aliphatic heterocycles. The quantitative estimate of drug-likeness (QED) is 0.199. The van der Waals surface area contributed by atoms with Crippen LogP contribution in [0.25, 0.3) is 61.0 Å². The summed E-state index contributed by atoms with van der Waals surface area (Å²) in [6, 6.07) is 41.3. The molecule has 0 spiro atoms. The van der Waals surface area contributed by atoms with E-state index in [-0.39, 0.29) is 0 Å². The zero-order chi connectivity index (χ0) is 28.1. The van der Waals surface area contributed by atoms with Crippen molar-refractivity contribution in [2.24, 2.45) is 0 Å². The fourth-order valence-electron chi connectivity index (χ4n) is 6.31. The zero-order valence-electron chi connectivity index (χ0n) is 23.3. The monoisotopic (exact) mass is 592 g/mol. The third-order valence-electron chi connectivity index (χ3n) is 8.07. The molecule has 0 unspecified atom stereocenters. The van der Waals surface area contributed by atoms with E-state index in [1.807, 2.05) is 6.20 Å². The van der Waals surface area contributed by atoms with Gasteiger partial charge in [0, 0.05) is 21.4 Å². The third kappa shape index (κ3) is 4.29. The summed E-state index contributed by atoms with van der Waals surface area (Å²) in [5.41, 5.74) is 13.4. The molecule has 5 aromatic carbocycles. The highest BCUT2D eigenvalue weighted by Crippen LogP contribution is 2.45. The van der Waals surface area contributed by atoms with Crippen LogP contribution in [0.4, 0.5) is 0 Å². The van der Waals surface area contributed by atoms with Gasteiger partial charge < -0.3 is 0 Å². The van der Waals surface area contributed by atoms with Gasteiger partial charge >= 0.3 is 0 Å². The lowest BCUT2D eigenvalue weighted by Crippen LogP contribution is -2.02. The van der Waals surface area contributed by atoms with Gasteiger partial charge in [-0.2, -0.15) is 0 Å². The second-order valence-corrected chi connectivity index (χ2v) is 11.7. The molecule has 7 aromatic rings. The number of aryl methyl sites for hydroxylation is 3. The Balaban J connectivity index is 1.59. The molecule has 0 saturated heterocycles. The molecule has 2 heterocycles. The molecule has 0 N–H and O–H groups in total. The fraction of sp³-hybridized carbons (Fsp3) is 0.0789. The van der Waals surface area contributed by atoms with Crippen LogP contribution in [-0.2, 0) is 0 Å². The summed E-state index contributed by atoms with van der Waals surface area (Å²) in [5.74, 6) is 0.909. The summed E-state index contributed by atoms with van der Waals surface area (Å²) < 4.78 is 3.35. The molecule has 7 rings (SSSR count). The molecule has 0 fully saturated rings. The maximum absolute atomic E-state index is 5.03. The topological polar surface area (TPSA) is 17.8 Å². The van der Waals surface area contributed by atoms with Crippen molar-refractivity contribution in [2.75, 3.05) is 0 Å². The van der Waals surface area contributed by atoms with E-state index in [1.165, 1.54) is 55.3 Å². The van der Waals surface area contributed by atoms with Gasteiger partial charge in [0.05, 0.1) is 11.0 Å². The van der Waals surface area contributed by atoms with Crippen LogP contribution < -0.4 is 0 Å². The van der Waals surface area contributed by atoms with E-state index in [0.29, 0.717) is 0 Å². The van der Waals surface area contributed by atoms with Crippen molar-refractivity contribution in [3.8, 4) is 39.2 Å². The number of pyridine rings is 1. The summed E-state index contributed by atoms with van der Waals surface area (Å²) in [4.78, 5) is 5.03. The Hall–Kier alpha value is -4.47. The van der Waals surface area contributed by atoms with Crippen LogP contribution in [0.3, 0.4) is 0 Å². The van der Waals surface area contributed by atoms with Crippen molar-refractivity contribution in [1.29, 1.82) is 0 Å². The molecule has 3 heteroatoms. The van der Waals surface area contributed by atoms with Crippen LogP contribution in [0.5, 0.6) is 0 Å². The third-order valence-corrected chi connectivity index (χ3v) is 8.56. The number of rotatable bonds is 4. The van der Waals surface area contributed by atoms with Gasteiger partial charge in [0.15, 0.2) is 0 Å². The van der Waals surface area contributed by atoms with Crippen LogP contribution in [0.1, 0.15) is 16.7 Å². The first-order valence-corrected chi connectivity index (χ1v) is 14.7. The van der Waals surface area contributed by atoms with Gasteiger partial charge in [0.2, 0.25) is 0 Å². The number of fused-ring (bicyclic) bond motifs is 3. The molecule has 2 aromatic heterocycles. The van der Waals surface area contributed by atoms with E-state index in [4.69, 9.17) is 4.98 Å². The molecular formula is C38H29BrN2. The van der Waals surface area contributed by atoms with Gasteiger partial charge in [0.1, 0.15) is 5.82 Å². The van der Waals surface area contributed by atoms with Crippen molar-refractivity contribution >= 4 is 37.7 Å². The van der Waals surface area contributed by atoms with Crippen LogP contribution in [0, 0.1) is 20.8 Å². The number of benzene rings is 5. The van der Waals surface area contributed by atoms with E-state index in [2.05, 4.69) is 157 Å². The smallest absolute Gasteiger partial charge is 0.138 e. The normalized spacial score (nSPS) is 11.4. The maximum Gasteiger partial charge on any atom is 0.138 e. The van der Waals surface area contributed by atoms with Crippen molar-refractivity contribution in [1.82, 2.24) is 9.55 Å². The second kappa shape index (κ2) is 10.2. The Bertz CT molecular complexity index is 2010. The largest absolute Gasteiger partial charge is 0.294 e. The number of halogens is 1. The van der Waals surface area contributed by atoms with Gasteiger partial charge in [0.25, 0.3) is 0 Å². The van der Waals surface area contributed by atoms with Crippen molar-refractivity contribution in [3.05, 3.63) is 143 Å². The lowest BCUT2D eigenvalue weighted by Gasteiger charge is -2.23. The van der Waals surface area contributed by atoms with Crippen LogP contribution >= 0.6 is 15.9 Å². The van der Waals surface area contributed by atoms with Crippen molar-refractivity contribution in [2.45, 2.75) is 20.8 Å². The van der Waals surface area contributed by atoms with Crippen molar-refractivity contribution in [3.63, 3.8) is 0 Å². The molecular weight excluding hydrogens is 564 g/mol. The maximum atomic E-state index is 5.03. The molecule has 0 aliphatic carbocycles. The SMILES string of the molecule is Cc1cnc(-n2c3ccccc3c3ccc(Br)cc32)cc1-c1c(-c2ccccc2)c(C)cc(C)c1-c1ccccc1. The van der Waals surface area contributed by atoms with Gasteiger partial charge in [-0.1, -0.05) is 107 Å². The highest BCUT2D eigenvalue weighted by atomic mass is 79.9. The van der Waals surface area contributed by atoms with Crippen LogP contribution in [-0.4, -0.2) is 9.55 Å². The van der Waals surface area contributed by atoms with E-state index in [0.717, 1.165) is 26.9 Å². The number of hydrogen-bond donors (Lipinski definition) is 0. The molecule has 0 radical (unpaired) electrons. The molecule has 198 valence electrons. The minimum Gasteiger partial charge on any atom is -0.294 e. The zero-order valence-corrected chi connectivity index (χ0v) is 24.9. The second-order valence-electron chi connectivity index (χ2n) is 10.7. The summed E-state index contributed by atoms with van der Waals surface area (Å²) >= 11 is 3.71. The molecule has 0 saturated carbocycles. The minimum absolute atomic E-state index is 0.909. The molecule has 2 nitrogen and oxygen atoms in total. The van der Waals surface area contributed by atoms with E-state index >= 15 is 0 Å². The highest BCUT2D eigenvalue weighted by molar-refractivity contribution is 9.10. The van der Waals surface area contributed by atoms with E-state index in [1.54, 1.807) is 0 Å². The van der Waals surface area contributed by atoms with E-state index in [9.17, 15) is 0 Å². The predicted molar refractivity (Wildman–Crippen MR) is 177 cm³/mol. The summed E-state index contributed by atoms with van der Waals surface area (Å²) in [5, 5.41) is 2.44. The van der Waals surface area contributed by atoms with Gasteiger partial charge in [-0.15, -0.1) is 0 Å². The van der Waals surface area contributed by atoms with Crippen LogP contribution in [0.2, 0.25) is 0 Å². The number of hydrogen-bond acceptors (Lipinski definition) is 1. The highest BCUT2D eigenvalue weighted by Gasteiger charge is 2.22. The van der Waals surface area contributed by atoms with Gasteiger partial charge in [-0.3, -0.25) is 4.57 Å². The van der Waals surface area contributed by atoms with Gasteiger partial charge in [-0.05, 0) is 95.1 Å². The number of aromatic nitrogens is 2. The summed E-state index contributed by atoms with van der Waals surface area (Å²) in [7, 11) is 0. The lowest BCUT2D eigenvalue weighted by atomic mass is 9.82. The molecule has 0 bridgehead atoms. The number of nitrogens with zero attached hydrogens (tertiary/aromatic N) is 2. The average Bonchev–Trinajstić information content (AvgIpc) is 3.31. The Morgan fingerprint density at radius 2 is 1.12 bits per heavy atom. The first-order valence-electron chi connectivity index (χ1n) is 13.9. The molecule has 41 heavy (non-hydrogen) atoms. The first-order chi connectivity index (χ1) is 20.0. The Kier molecular flexibility index (Phi) is 6.33. The Morgan fingerprint density at radius 3 is 1.78 bits per heavy atom.